The molecule has 0 N–H and O–H groups in total. The molecular formula is C13H21N3O2S. The van der Waals surface area contributed by atoms with E-state index in [2.05, 4.69) is 28.7 Å². The lowest BCUT2D eigenvalue weighted by atomic mass is 10.0. The molecule has 0 bridgehead atoms. The van der Waals surface area contributed by atoms with Crippen molar-refractivity contribution in [1.82, 2.24) is 14.9 Å². The van der Waals surface area contributed by atoms with Gasteiger partial charge in [-0.3, -0.25) is 9.11 Å². The zero-order valence-electron chi connectivity index (χ0n) is 12.0. The van der Waals surface area contributed by atoms with Crippen LogP contribution in [0.15, 0.2) is 6.20 Å². The maximum atomic E-state index is 11.7. The van der Waals surface area contributed by atoms with Gasteiger partial charge in [0.25, 0.3) is 0 Å². The van der Waals surface area contributed by atoms with Crippen LogP contribution in [0, 0.1) is 6.92 Å². The normalized spacial score (nSPS) is 23.3. The van der Waals surface area contributed by atoms with Crippen LogP contribution in [0.2, 0.25) is 0 Å². The Morgan fingerprint density at radius 2 is 2.26 bits per heavy atom. The van der Waals surface area contributed by atoms with E-state index in [1.54, 1.807) is 7.11 Å². The Bertz CT molecular complexity index is 491. The summed E-state index contributed by atoms with van der Waals surface area (Å²) in [5.41, 5.74) is 1.99. The van der Waals surface area contributed by atoms with Gasteiger partial charge < -0.3 is 4.74 Å². The van der Waals surface area contributed by atoms with Crippen molar-refractivity contribution >= 4 is 10.8 Å². The molecule has 106 valence electrons. The largest absolute Gasteiger partial charge is 0.467 e. The molecule has 0 aliphatic carbocycles. The van der Waals surface area contributed by atoms with Crippen LogP contribution in [-0.4, -0.2) is 49.8 Å². The number of nitrogens with zero attached hydrogens (tertiary/aromatic N) is 3. The zero-order valence-corrected chi connectivity index (χ0v) is 12.8. The molecule has 0 radical (unpaired) electrons. The van der Waals surface area contributed by atoms with Crippen molar-refractivity contribution in [1.29, 1.82) is 0 Å². The molecule has 0 amide bonds. The number of ether oxygens (including phenoxy) is 1. The average molecular weight is 283 g/mol. The summed E-state index contributed by atoms with van der Waals surface area (Å²) in [5, 5.41) is 0. The SMILES string of the molecule is COc1ncc(CN2CCS(=O)CC2(C)C)c(C)n1. The summed E-state index contributed by atoms with van der Waals surface area (Å²) in [5.74, 6) is 1.47. The third-order valence-corrected chi connectivity index (χ3v) is 5.23. The maximum Gasteiger partial charge on any atom is 0.316 e. The van der Waals surface area contributed by atoms with E-state index in [0.717, 1.165) is 35.9 Å². The molecule has 5 nitrogen and oxygen atoms in total. The Hall–Kier alpha value is -1.01. The van der Waals surface area contributed by atoms with Crippen molar-refractivity contribution in [2.75, 3.05) is 25.2 Å². The average Bonchev–Trinajstić information content (AvgIpc) is 2.33. The molecule has 1 saturated heterocycles. The summed E-state index contributed by atoms with van der Waals surface area (Å²) < 4.78 is 16.7. The molecule has 2 heterocycles. The first-order chi connectivity index (χ1) is 8.92. The van der Waals surface area contributed by atoms with Crippen LogP contribution in [0.1, 0.15) is 25.1 Å². The Morgan fingerprint density at radius 3 is 2.84 bits per heavy atom. The second kappa shape index (κ2) is 5.54. The Labute approximate surface area is 116 Å². The lowest BCUT2D eigenvalue weighted by Gasteiger charge is -2.42. The molecular weight excluding hydrogens is 262 g/mol. The fraction of sp³-hybridized carbons (Fsp3) is 0.692. The highest BCUT2D eigenvalue weighted by Crippen LogP contribution is 2.23. The highest BCUT2D eigenvalue weighted by atomic mass is 32.2. The van der Waals surface area contributed by atoms with Crippen molar-refractivity contribution in [3.05, 3.63) is 17.5 Å². The molecule has 6 heteroatoms. The van der Waals surface area contributed by atoms with E-state index in [1.165, 1.54) is 0 Å². The minimum absolute atomic E-state index is 0.0462. The molecule has 1 unspecified atom stereocenters. The highest BCUT2D eigenvalue weighted by Gasteiger charge is 2.33. The lowest BCUT2D eigenvalue weighted by Crippen LogP contribution is -2.53. The smallest absolute Gasteiger partial charge is 0.316 e. The van der Waals surface area contributed by atoms with Crippen molar-refractivity contribution in [2.24, 2.45) is 0 Å². The van der Waals surface area contributed by atoms with Gasteiger partial charge in [0.15, 0.2) is 0 Å². The summed E-state index contributed by atoms with van der Waals surface area (Å²) >= 11 is 0. The number of rotatable bonds is 3. The van der Waals surface area contributed by atoms with Gasteiger partial charge in [0.05, 0.1) is 7.11 Å². The maximum absolute atomic E-state index is 11.7. The minimum atomic E-state index is -0.692. The van der Waals surface area contributed by atoms with E-state index < -0.39 is 10.8 Å². The topological polar surface area (TPSA) is 55.3 Å². The van der Waals surface area contributed by atoms with Crippen LogP contribution in [-0.2, 0) is 17.3 Å². The van der Waals surface area contributed by atoms with E-state index in [9.17, 15) is 4.21 Å². The van der Waals surface area contributed by atoms with E-state index in [-0.39, 0.29) is 5.54 Å². The molecule has 0 aromatic carbocycles. The van der Waals surface area contributed by atoms with Crippen LogP contribution in [0.25, 0.3) is 0 Å². The molecule has 2 rings (SSSR count). The quantitative estimate of drug-likeness (QED) is 0.832. The summed E-state index contributed by atoms with van der Waals surface area (Å²) in [4.78, 5) is 10.8. The number of methoxy groups -OCH3 is 1. The molecule has 1 aliphatic rings. The van der Waals surface area contributed by atoms with Gasteiger partial charge in [-0.25, -0.2) is 9.97 Å². The van der Waals surface area contributed by atoms with Crippen LogP contribution >= 0.6 is 0 Å². The first-order valence-corrected chi connectivity index (χ1v) is 7.88. The van der Waals surface area contributed by atoms with Gasteiger partial charge in [-0.05, 0) is 20.8 Å². The van der Waals surface area contributed by atoms with Gasteiger partial charge in [-0.15, -0.1) is 0 Å². The molecule has 0 saturated carbocycles. The summed E-state index contributed by atoms with van der Waals surface area (Å²) in [6, 6.07) is 0.403. The summed E-state index contributed by atoms with van der Waals surface area (Å²) in [6.45, 7) is 7.90. The van der Waals surface area contributed by atoms with Gasteiger partial charge in [-0.1, -0.05) is 0 Å². The third-order valence-electron chi connectivity index (χ3n) is 3.56. The first kappa shape index (κ1) is 14.4. The van der Waals surface area contributed by atoms with E-state index >= 15 is 0 Å². The number of aromatic nitrogens is 2. The number of aryl methyl sites for hydroxylation is 1. The van der Waals surface area contributed by atoms with Gasteiger partial charge >= 0.3 is 6.01 Å². The van der Waals surface area contributed by atoms with Crippen LogP contribution < -0.4 is 4.74 Å². The predicted octanol–water partition coefficient (Wildman–Crippen LogP) is 1.14. The number of hydrogen-bond donors (Lipinski definition) is 0. The standard InChI is InChI=1S/C13H21N3O2S/c1-10-11(7-14-12(15-10)18-4)8-16-5-6-19(17)9-13(16,2)3/h7H,5-6,8-9H2,1-4H3. The van der Waals surface area contributed by atoms with Crippen LogP contribution in [0.3, 0.4) is 0 Å². The molecule has 1 aromatic heterocycles. The highest BCUT2D eigenvalue weighted by molar-refractivity contribution is 7.85. The third kappa shape index (κ3) is 3.30. The van der Waals surface area contributed by atoms with Gasteiger partial charge in [0.1, 0.15) is 0 Å². The fourth-order valence-corrected chi connectivity index (χ4v) is 3.83. The van der Waals surface area contributed by atoms with E-state index in [1.807, 2.05) is 13.1 Å². The second-order valence-corrected chi connectivity index (χ2v) is 7.07. The van der Waals surface area contributed by atoms with Crippen LogP contribution in [0.4, 0.5) is 0 Å². The summed E-state index contributed by atoms with van der Waals surface area (Å²) in [6.07, 6.45) is 1.82. The molecule has 0 spiro atoms. The molecule has 1 fully saturated rings. The van der Waals surface area contributed by atoms with Gasteiger partial charge in [0.2, 0.25) is 0 Å². The predicted molar refractivity (Wildman–Crippen MR) is 75.7 cm³/mol. The fourth-order valence-electron chi connectivity index (χ4n) is 2.30. The molecule has 1 atom stereocenters. The minimum Gasteiger partial charge on any atom is -0.467 e. The zero-order chi connectivity index (χ0) is 14.0. The molecule has 19 heavy (non-hydrogen) atoms. The lowest BCUT2D eigenvalue weighted by molar-refractivity contribution is 0.133. The van der Waals surface area contributed by atoms with Crippen molar-refractivity contribution in [3.8, 4) is 6.01 Å². The van der Waals surface area contributed by atoms with Crippen molar-refractivity contribution in [3.63, 3.8) is 0 Å². The number of hydrogen-bond acceptors (Lipinski definition) is 5. The Kier molecular flexibility index (Phi) is 4.20. The van der Waals surface area contributed by atoms with Crippen molar-refractivity contribution < 1.29 is 8.95 Å². The Morgan fingerprint density at radius 1 is 1.53 bits per heavy atom. The molecule has 1 aliphatic heterocycles. The second-order valence-electron chi connectivity index (χ2n) is 5.49. The van der Waals surface area contributed by atoms with E-state index in [0.29, 0.717) is 6.01 Å². The van der Waals surface area contributed by atoms with Gasteiger partial charge in [0, 0.05) is 58.4 Å². The van der Waals surface area contributed by atoms with Crippen molar-refractivity contribution in [2.45, 2.75) is 32.9 Å². The Balaban J connectivity index is 2.14. The first-order valence-electron chi connectivity index (χ1n) is 6.39. The van der Waals surface area contributed by atoms with Crippen LogP contribution in [0.5, 0.6) is 6.01 Å². The van der Waals surface area contributed by atoms with E-state index in [4.69, 9.17) is 4.74 Å². The molecule has 1 aromatic rings. The monoisotopic (exact) mass is 283 g/mol. The van der Waals surface area contributed by atoms with Gasteiger partial charge in [-0.2, -0.15) is 0 Å². The summed E-state index contributed by atoms with van der Waals surface area (Å²) in [7, 11) is 0.875.